The largest absolute Gasteiger partial charge is 0.360 e. The number of nitriles is 1. The molecule has 0 atom stereocenters. The van der Waals surface area contributed by atoms with Crippen molar-refractivity contribution in [2.24, 2.45) is 0 Å². The van der Waals surface area contributed by atoms with Crippen molar-refractivity contribution in [2.75, 3.05) is 5.32 Å². The Kier molecular flexibility index (Phi) is 6.05. The number of nitrogens with zero attached hydrogens (tertiary/aromatic N) is 2. The number of nitrogens with one attached hydrogen (secondary N) is 1. The third kappa shape index (κ3) is 4.64. The molecule has 0 bridgehead atoms. The second-order valence-corrected chi connectivity index (χ2v) is 7.54. The van der Waals surface area contributed by atoms with Crippen LogP contribution in [0.2, 0.25) is 0 Å². The van der Waals surface area contributed by atoms with Crippen molar-refractivity contribution in [2.45, 2.75) is 33.1 Å². The van der Waals surface area contributed by atoms with Gasteiger partial charge in [-0.1, -0.05) is 57.2 Å². The maximum atomic E-state index is 9.53. The van der Waals surface area contributed by atoms with E-state index < -0.39 is 0 Å². The number of thiazole rings is 1. The predicted octanol–water partition coefficient (Wildman–Crippen LogP) is 6.47. The lowest BCUT2D eigenvalue weighted by molar-refractivity contribution is 0.867. The number of hydrogen-bond acceptors (Lipinski definition) is 4. The van der Waals surface area contributed by atoms with Crippen LogP contribution in [-0.2, 0) is 6.42 Å². The van der Waals surface area contributed by atoms with Gasteiger partial charge in [-0.15, -0.1) is 11.3 Å². The van der Waals surface area contributed by atoms with E-state index in [0.29, 0.717) is 11.5 Å². The minimum absolute atomic E-state index is 0.504. The molecule has 136 valence electrons. The molecule has 0 spiro atoms. The topological polar surface area (TPSA) is 48.7 Å². The number of rotatable bonds is 6. The summed E-state index contributed by atoms with van der Waals surface area (Å²) in [5, 5.41) is 15.5. The molecule has 0 aliphatic heterocycles. The minimum atomic E-state index is 0.504. The molecule has 27 heavy (non-hydrogen) atoms. The molecule has 4 heteroatoms. The smallest absolute Gasteiger partial charge is 0.136 e. The second-order valence-electron chi connectivity index (χ2n) is 6.68. The average molecular weight is 374 g/mol. The van der Waals surface area contributed by atoms with Crippen LogP contribution in [0.1, 0.15) is 42.8 Å². The van der Waals surface area contributed by atoms with Crippen molar-refractivity contribution in [3.05, 3.63) is 76.2 Å². The highest BCUT2D eigenvalue weighted by molar-refractivity contribution is 7.11. The van der Waals surface area contributed by atoms with Crippen molar-refractivity contribution in [1.82, 2.24) is 4.98 Å². The summed E-state index contributed by atoms with van der Waals surface area (Å²) in [4.78, 5) is 4.64. The van der Waals surface area contributed by atoms with Crippen LogP contribution in [0.25, 0.3) is 16.8 Å². The number of benzene rings is 2. The fraction of sp³-hybridized carbons (Fsp3) is 0.217. The van der Waals surface area contributed by atoms with Crippen molar-refractivity contribution in [3.63, 3.8) is 0 Å². The summed E-state index contributed by atoms with van der Waals surface area (Å²) in [7, 11) is 0. The molecule has 1 heterocycles. The van der Waals surface area contributed by atoms with Crippen molar-refractivity contribution < 1.29 is 0 Å². The van der Waals surface area contributed by atoms with Crippen molar-refractivity contribution in [3.8, 4) is 17.3 Å². The average Bonchev–Trinajstić information content (AvgIpc) is 3.19. The summed E-state index contributed by atoms with van der Waals surface area (Å²) in [5.74, 6) is 0.504. The number of anilines is 1. The van der Waals surface area contributed by atoms with Crippen molar-refractivity contribution >= 4 is 22.6 Å². The summed E-state index contributed by atoms with van der Waals surface area (Å²) >= 11 is 1.49. The van der Waals surface area contributed by atoms with Crippen LogP contribution in [0.4, 0.5) is 5.69 Å². The first kappa shape index (κ1) is 18.9. The zero-order valence-corrected chi connectivity index (χ0v) is 16.7. The Bertz CT molecular complexity index is 958. The molecule has 0 aliphatic rings. The summed E-state index contributed by atoms with van der Waals surface area (Å²) < 4.78 is 0. The van der Waals surface area contributed by atoms with Gasteiger partial charge in [-0.25, -0.2) is 4.98 Å². The number of allylic oxidation sites excluding steroid dienone is 1. The van der Waals surface area contributed by atoms with E-state index in [9.17, 15) is 5.26 Å². The van der Waals surface area contributed by atoms with Crippen molar-refractivity contribution in [1.29, 1.82) is 5.26 Å². The van der Waals surface area contributed by atoms with E-state index in [0.717, 1.165) is 28.4 Å². The van der Waals surface area contributed by atoms with Crippen LogP contribution < -0.4 is 5.32 Å². The fourth-order valence-corrected chi connectivity index (χ4v) is 3.50. The van der Waals surface area contributed by atoms with E-state index >= 15 is 0 Å². The minimum Gasteiger partial charge on any atom is -0.360 e. The summed E-state index contributed by atoms with van der Waals surface area (Å²) in [5.41, 5.74) is 6.07. The zero-order chi connectivity index (χ0) is 19.2. The monoisotopic (exact) mass is 373 g/mol. The first-order chi connectivity index (χ1) is 13.1. The molecule has 0 saturated heterocycles. The van der Waals surface area contributed by atoms with Crippen LogP contribution in [0.15, 0.2) is 60.1 Å². The molecule has 3 rings (SSSR count). The Morgan fingerprint density at radius 1 is 1.15 bits per heavy atom. The maximum absolute atomic E-state index is 9.53. The molecule has 1 N–H and O–H groups in total. The number of aryl methyl sites for hydroxylation is 1. The lowest BCUT2D eigenvalue weighted by Crippen LogP contribution is -1.92. The molecule has 0 unspecified atom stereocenters. The van der Waals surface area contributed by atoms with Gasteiger partial charge in [0.05, 0.1) is 5.69 Å². The van der Waals surface area contributed by atoms with Gasteiger partial charge in [-0.3, -0.25) is 0 Å². The first-order valence-electron chi connectivity index (χ1n) is 9.12. The summed E-state index contributed by atoms with van der Waals surface area (Å²) in [6, 6.07) is 18.9. The molecular weight excluding hydrogens is 350 g/mol. The highest BCUT2D eigenvalue weighted by atomic mass is 32.1. The number of aromatic nitrogens is 1. The molecule has 0 saturated carbocycles. The Hall–Kier alpha value is -2.90. The lowest BCUT2D eigenvalue weighted by atomic mass is 10.0. The number of hydrogen-bond donors (Lipinski definition) is 1. The molecule has 0 aliphatic carbocycles. The Labute approximate surface area is 165 Å². The molecule has 0 fully saturated rings. The Morgan fingerprint density at radius 2 is 1.85 bits per heavy atom. The Balaban J connectivity index is 1.76. The van der Waals surface area contributed by atoms with Gasteiger partial charge in [-0.2, -0.15) is 5.26 Å². The first-order valence-corrected chi connectivity index (χ1v) is 10.0. The van der Waals surface area contributed by atoms with Crippen LogP contribution in [-0.4, -0.2) is 4.98 Å². The van der Waals surface area contributed by atoms with Crippen LogP contribution in [0.3, 0.4) is 0 Å². The molecule has 3 aromatic rings. The highest BCUT2D eigenvalue weighted by Crippen LogP contribution is 2.26. The van der Waals surface area contributed by atoms with Gasteiger partial charge in [0.25, 0.3) is 0 Å². The van der Waals surface area contributed by atoms with Crippen LogP contribution in [0.5, 0.6) is 0 Å². The van der Waals surface area contributed by atoms with Gasteiger partial charge < -0.3 is 5.32 Å². The molecular formula is C23H23N3S. The quantitative estimate of drug-likeness (QED) is 0.504. The van der Waals surface area contributed by atoms with Gasteiger partial charge >= 0.3 is 0 Å². The van der Waals surface area contributed by atoms with E-state index in [1.165, 1.54) is 22.5 Å². The summed E-state index contributed by atoms with van der Waals surface area (Å²) in [6.07, 6.45) is 2.75. The van der Waals surface area contributed by atoms with Gasteiger partial charge in [0.2, 0.25) is 0 Å². The normalized spacial score (nSPS) is 11.4. The van der Waals surface area contributed by atoms with Gasteiger partial charge in [-0.05, 0) is 35.6 Å². The van der Waals surface area contributed by atoms with Gasteiger partial charge in [0.15, 0.2) is 0 Å². The Morgan fingerprint density at radius 3 is 2.44 bits per heavy atom. The van der Waals surface area contributed by atoms with Gasteiger partial charge in [0.1, 0.15) is 16.6 Å². The molecule has 3 nitrogen and oxygen atoms in total. The molecule has 0 radical (unpaired) electrons. The molecule has 1 aromatic heterocycles. The van der Waals surface area contributed by atoms with E-state index in [1.807, 2.05) is 17.5 Å². The SMILES string of the molecule is CCc1ccc(-c2csc(/C(C#N)=C\Nc3ccc(C(C)C)cc3)n2)cc1. The second kappa shape index (κ2) is 8.66. The lowest BCUT2D eigenvalue weighted by Gasteiger charge is -2.06. The maximum Gasteiger partial charge on any atom is 0.136 e. The van der Waals surface area contributed by atoms with Crippen LogP contribution in [0, 0.1) is 11.3 Å². The third-order valence-corrected chi connectivity index (χ3v) is 5.35. The highest BCUT2D eigenvalue weighted by Gasteiger charge is 2.09. The summed E-state index contributed by atoms with van der Waals surface area (Å²) in [6.45, 7) is 6.49. The standard InChI is InChI=1S/C23H23N3S/c1-4-17-5-7-19(8-6-17)22-15-27-23(26-22)20(13-24)14-25-21-11-9-18(10-12-21)16(2)3/h5-12,14-16,25H,4H2,1-3H3/b20-14-. The van der Waals surface area contributed by atoms with Crippen LogP contribution >= 0.6 is 11.3 Å². The zero-order valence-electron chi connectivity index (χ0n) is 15.9. The molecule has 2 aromatic carbocycles. The predicted molar refractivity (Wildman–Crippen MR) is 115 cm³/mol. The van der Waals surface area contributed by atoms with E-state index in [-0.39, 0.29) is 0 Å². The van der Waals surface area contributed by atoms with E-state index in [4.69, 9.17) is 0 Å². The molecule has 0 amide bonds. The van der Waals surface area contributed by atoms with Gasteiger partial charge in [0, 0.05) is 22.8 Å². The van der Waals surface area contributed by atoms with E-state index in [2.05, 4.69) is 73.5 Å². The third-order valence-electron chi connectivity index (χ3n) is 4.47. The van der Waals surface area contributed by atoms with E-state index in [1.54, 1.807) is 6.20 Å². The fourth-order valence-electron chi connectivity index (χ4n) is 2.70.